The molecule has 1 saturated heterocycles. The first-order chi connectivity index (χ1) is 5.79. The van der Waals surface area contributed by atoms with E-state index in [9.17, 15) is 0 Å². The topological polar surface area (TPSA) is 21.3 Å². The van der Waals surface area contributed by atoms with E-state index in [-0.39, 0.29) is 0 Å². The van der Waals surface area contributed by atoms with Gasteiger partial charge in [-0.2, -0.15) is 0 Å². The Labute approximate surface area is 75.7 Å². The van der Waals surface area contributed by atoms with Crippen molar-refractivity contribution in [1.82, 2.24) is 5.32 Å². The largest absolute Gasteiger partial charge is 0.379 e. The molecule has 0 amide bonds. The van der Waals surface area contributed by atoms with Crippen molar-refractivity contribution in [2.24, 2.45) is 0 Å². The third-order valence-electron chi connectivity index (χ3n) is 2.33. The number of hydrogen-bond donors (Lipinski definition) is 1. The van der Waals surface area contributed by atoms with Crippen LogP contribution in [0.15, 0.2) is 0 Å². The van der Waals surface area contributed by atoms with Crippen LogP contribution in [-0.2, 0) is 4.74 Å². The molecule has 0 spiro atoms. The summed E-state index contributed by atoms with van der Waals surface area (Å²) >= 11 is 0. The fourth-order valence-corrected chi connectivity index (χ4v) is 1.62. The monoisotopic (exact) mass is 171 g/mol. The van der Waals surface area contributed by atoms with Crippen LogP contribution >= 0.6 is 0 Å². The minimum absolute atomic E-state index is 0.383. The fourth-order valence-electron chi connectivity index (χ4n) is 1.62. The van der Waals surface area contributed by atoms with Gasteiger partial charge in [0.15, 0.2) is 0 Å². The Kier molecular flexibility index (Phi) is 4.62. The van der Waals surface area contributed by atoms with Crippen LogP contribution in [0.5, 0.6) is 0 Å². The minimum Gasteiger partial charge on any atom is -0.379 e. The molecule has 1 atom stereocenters. The normalized spacial score (nSPS) is 24.8. The number of hydrogen-bond acceptors (Lipinski definition) is 2. The lowest BCUT2D eigenvalue weighted by atomic mass is 10.0. The number of rotatable bonds is 4. The molecule has 1 aliphatic heterocycles. The van der Waals surface area contributed by atoms with Gasteiger partial charge in [0.05, 0.1) is 6.10 Å². The molecule has 1 heterocycles. The molecular weight excluding hydrogens is 150 g/mol. The Morgan fingerprint density at radius 2 is 2.25 bits per heavy atom. The van der Waals surface area contributed by atoms with Crippen molar-refractivity contribution in [2.45, 2.75) is 51.7 Å². The molecule has 0 radical (unpaired) electrons. The summed E-state index contributed by atoms with van der Waals surface area (Å²) in [6.07, 6.45) is 5.63. The second kappa shape index (κ2) is 5.55. The van der Waals surface area contributed by atoms with E-state index in [2.05, 4.69) is 19.2 Å². The lowest BCUT2D eigenvalue weighted by molar-refractivity contribution is 0.0697. The van der Waals surface area contributed by atoms with E-state index in [0.29, 0.717) is 6.10 Å². The molecule has 1 aliphatic rings. The molecule has 1 N–H and O–H groups in total. The predicted molar refractivity (Wildman–Crippen MR) is 51.3 cm³/mol. The van der Waals surface area contributed by atoms with Crippen LogP contribution in [0.4, 0.5) is 0 Å². The minimum atomic E-state index is 0.383. The number of ether oxygens (including phenoxy) is 1. The Bertz CT molecular complexity index is 108. The Hall–Kier alpha value is -0.0800. The molecule has 0 bridgehead atoms. The van der Waals surface area contributed by atoms with Gasteiger partial charge in [0.1, 0.15) is 0 Å². The highest BCUT2D eigenvalue weighted by atomic mass is 16.5. The molecule has 1 unspecified atom stereocenters. The van der Waals surface area contributed by atoms with E-state index in [1.165, 1.54) is 32.2 Å². The van der Waals surface area contributed by atoms with E-state index >= 15 is 0 Å². The summed E-state index contributed by atoms with van der Waals surface area (Å²) in [5.41, 5.74) is 0. The smallest absolute Gasteiger partial charge is 0.0518 e. The van der Waals surface area contributed by atoms with Crippen LogP contribution in [0.1, 0.15) is 39.5 Å². The zero-order chi connectivity index (χ0) is 8.81. The highest BCUT2D eigenvalue weighted by Gasteiger charge is 2.11. The molecule has 2 nitrogen and oxygen atoms in total. The summed E-state index contributed by atoms with van der Waals surface area (Å²) in [4.78, 5) is 0. The second-order valence-electron chi connectivity index (χ2n) is 3.86. The van der Waals surface area contributed by atoms with Crippen LogP contribution in [0.25, 0.3) is 0 Å². The number of nitrogens with one attached hydrogen (secondary N) is 1. The van der Waals surface area contributed by atoms with Crippen molar-refractivity contribution in [3.8, 4) is 0 Å². The lowest BCUT2D eigenvalue weighted by Crippen LogP contribution is -2.34. The van der Waals surface area contributed by atoms with E-state index in [1.807, 2.05) is 0 Å². The predicted octanol–water partition coefficient (Wildman–Crippen LogP) is 1.94. The van der Waals surface area contributed by atoms with Gasteiger partial charge in [0.25, 0.3) is 0 Å². The fraction of sp³-hybridized carbons (Fsp3) is 1.00. The van der Waals surface area contributed by atoms with E-state index in [4.69, 9.17) is 4.74 Å². The Morgan fingerprint density at radius 3 is 2.83 bits per heavy atom. The molecule has 0 saturated carbocycles. The van der Waals surface area contributed by atoms with Crippen molar-refractivity contribution in [1.29, 1.82) is 0 Å². The van der Waals surface area contributed by atoms with E-state index in [0.717, 1.165) is 12.6 Å². The van der Waals surface area contributed by atoms with Gasteiger partial charge in [-0.25, -0.2) is 0 Å². The average Bonchev–Trinajstić information content (AvgIpc) is 2.05. The maximum atomic E-state index is 5.50. The van der Waals surface area contributed by atoms with Crippen LogP contribution in [0, 0.1) is 0 Å². The van der Waals surface area contributed by atoms with Crippen molar-refractivity contribution < 1.29 is 4.74 Å². The zero-order valence-corrected chi connectivity index (χ0v) is 8.31. The third kappa shape index (κ3) is 4.07. The Balaban J connectivity index is 1.98. The summed E-state index contributed by atoms with van der Waals surface area (Å²) in [5.74, 6) is 0. The van der Waals surface area contributed by atoms with Crippen LogP contribution in [0.3, 0.4) is 0 Å². The highest BCUT2D eigenvalue weighted by molar-refractivity contribution is 4.71. The van der Waals surface area contributed by atoms with Gasteiger partial charge >= 0.3 is 0 Å². The van der Waals surface area contributed by atoms with Gasteiger partial charge in [0.2, 0.25) is 0 Å². The van der Waals surface area contributed by atoms with Crippen molar-refractivity contribution >= 4 is 0 Å². The summed E-state index contributed by atoms with van der Waals surface area (Å²) in [6, 6.07) is 0.720. The van der Waals surface area contributed by atoms with Gasteiger partial charge in [0, 0.05) is 12.6 Å². The van der Waals surface area contributed by atoms with Crippen LogP contribution in [0.2, 0.25) is 0 Å². The van der Waals surface area contributed by atoms with E-state index < -0.39 is 0 Å². The molecule has 0 aromatic heterocycles. The molecule has 1 rings (SSSR count). The van der Waals surface area contributed by atoms with Gasteiger partial charge in [-0.3, -0.25) is 0 Å². The molecule has 1 fully saturated rings. The molecule has 0 aromatic rings. The maximum absolute atomic E-state index is 5.50. The molecule has 0 aromatic carbocycles. The zero-order valence-electron chi connectivity index (χ0n) is 8.31. The molecule has 0 aliphatic carbocycles. The SMILES string of the molecule is CC(C)OCCC1CCCCN1. The van der Waals surface area contributed by atoms with Gasteiger partial charge in [-0.1, -0.05) is 6.42 Å². The van der Waals surface area contributed by atoms with E-state index in [1.54, 1.807) is 0 Å². The molecular formula is C10H21NO. The lowest BCUT2D eigenvalue weighted by Gasteiger charge is -2.23. The first-order valence-corrected chi connectivity index (χ1v) is 5.14. The molecule has 12 heavy (non-hydrogen) atoms. The van der Waals surface area contributed by atoms with Crippen molar-refractivity contribution in [2.75, 3.05) is 13.2 Å². The first-order valence-electron chi connectivity index (χ1n) is 5.14. The average molecular weight is 171 g/mol. The van der Waals surface area contributed by atoms with Crippen molar-refractivity contribution in [3.63, 3.8) is 0 Å². The standard InChI is InChI=1S/C10H21NO/c1-9(2)12-8-6-10-5-3-4-7-11-10/h9-11H,3-8H2,1-2H3. The Morgan fingerprint density at radius 1 is 1.42 bits per heavy atom. The van der Waals surface area contributed by atoms with Crippen LogP contribution < -0.4 is 5.32 Å². The third-order valence-corrected chi connectivity index (χ3v) is 2.33. The van der Waals surface area contributed by atoms with Gasteiger partial charge in [-0.05, 0) is 39.7 Å². The summed E-state index contributed by atoms with van der Waals surface area (Å²) in [7, 11) is 0. The summed E-state index contributed by atoms with van der Waals surface area (Å²) < 4.78 is 5.50. The maximum Gasteiger partial charge on any atom is 0.0518 e. The van der Waals surface area contributed by atoms with Gasteiger partial charge in [-0.15, -0.1) is 0 Å². The van der Waals surface area contributed by atoms with Crippen molar-refractivity contribution in [3.05, 3.63) is 0 Å². The second-order valence-corrected chi connectivity index (χ2v) is 3.86. The summed E-state index contributed by atoms with van der Waals surface area (Å²) in [6.45, 7) is 6.30. The molecule has 72 valence electrons. The van der Waals surface area contributed by atoms with Gasteiger partial charge < -0.3 is 10.1 Å². The first kappa shape index (κ1) is 10.0. The molecule has 2 heteroatoms. The number of piperidine rings is 1. The van der Waals surface area contributed by atoms with Crippen LogP contribution in [-0.4, -0.2) is 25.3 Å². The highest BCUT2D eigenvalue weighted by Crippen LogP contribution is 2.10. The quantitative estimate of drug-likeness (QED) is 0.698. The summed E-state index contributed by atoms with van der Waals surface area (Å²) in [5, 5.41) is 3.51.